The molecule has 0 fully saturated rings. The van der Waals surface area contributed by atoms with Crippen molar-refractivity contribution in [3.05, 3.63) is 197 Å². The van der Waals surface area contributed by atoms with Gasteiger partial charge in [0.15, 0.2) is 0 Å². The first kappa shape index (κ1) is 34.1. The zero-order valence-electron chi connectivity index (χ0n) is 41.1. The van der Waals surface area contributed by atoms with E-state index in [1.165, 1.54) is 11.1 Å². The molecule has 0 saturated heterocycles. The first-order valence-corrected chi connectivity index (χ1v) is 23.0. The van der Waals surface area contributed by atoms with Gasteiger partial charge in [0.25, 0.3) is 0 Å². The zero-order valence-corrected chi connectivity index (χ0v) is 38.5. The van der Waals surface area contributed by atoms with E-state index in [1.807, 2.05) is 18.2 Å². The lowest BCUT2D eigenvalue weighted by molar-refractivity contribution is 0.590. The van der Waals surface area contributed by atoms with Crippen LogP contribution in [0.5, 0.6) is 0 Å². The molecule has 0 spiro atoms. The number of thiophene rings is 1. The second kappa shape index (κ2) is 14.9. The molecular weight excluding hydrogens is 851 g/mol. The van der Waals surface area contributed by atoms with E-state index in [-0.39, 0.29) is 40.6 Å². The van der Waals surface area contributed by atoms with Crippen molar-refractivity contribution in [3.8, 4) is 22.5 Å². The predicted octanol–water partition coefficient (Wildman–Crippen LogP) is 17.6. The monoisotopic (exact) mass is 902 g/mol. The number of fused-ring (bicyclic) bond motifs is 7. The minimum atomic E-state index is -0.427. The molecule has 63 heavy (non-hydrogen) atoms. The molecule has 0 unspecified atom stereocenters. The largest absolute Gasteiger partial charge is 0.309 e. The number of halogens is 1. The minimum Gasteiger partial charge on any atom is -0.309 e. The number of nitrogens with zero attached hydrogens (tertiary/aromatic N) is 3. The van der Waals surface area contributed by atoms with Gasteiger partial charge in [-0.05, 0) is 128 Å². The molecule has 8 aromatic carbocycles. The summed E-state index contributed by atoms with van der Waals surface area (Å²) in [5.74, 6) is 0. The van der Waals surface area contributed by atoms with Gasteiger partial charge in [0.2, 0.25) is 0 Å². The van der Waals surface area contributed by atoms with Crippen molar-refractivity contribution >= 4 is 98.0 Å². The lowest BCUT2D eigenvalue weighted by Gasteiger charge is -2.28. The quantitative estimate of drug-likeness (QED) is 0.162. The molecule has 0 radical (unpaired) electrons. The van der Waals surface area contributed by atoms with Crippen LogP contribution in [0.2, 0.25) is 0 Å². The molecule has 0 aliphatic rings. The lowest BCUT2D eigenvalue weighted by Crippen LogP contribution is -2.14. The molecule has 308 valence electrons. The van der Waals surface area contributed by atoms with Crippen molar-refractivity contribution in [2.45, 2.75) is 52.4 Å². The van der Waals surface area contributed by atoms with Gasteiger partial charge in [-0.3, -0.25) is 0 Å². The Hall–Kier alpha value is -6.40. The molecule has 3 heterocycles. The van der Waals surface area contributed by atoms with E-state index in [0.29, 0.717) is 5.56 Å². The Labute approximate surface area is 388 Å². The highest BCUT2D eigenvalue weighted by Gasteiger charge is 2.25. The number of aromatic nitrogens is 2. The summed E-state index contributed by atoms with van der Waals surface area (Å²) in [5.41, 5.74) is 11.5. The van der Waals surface area contributed by atoms with E-state index in [0.717, 1.165) is 86.6 Å². The standard InChI is InChI=1S/C58H48BrN3S/c1-57(2,3)39-24-27-42(28-25-39)60(54-36-63-55-29-26-40(32-49(54)55)58(4,5)6)43-30-38(37-16-9-7-10-17-37)31-44(33-43)62-53-35-52-47(34-48(53)46-21-15-22-50(59)56(46)62)45-20-13-14-23-51(45)61(52)41-18-11-8-12-19-41/h7-36H,1-6H3/i7D,9D,10D,16D,17D. The zero-order chi connectivity index (χ0) is 47.6. The highest BCUT2D eigenvalue weighted by atomic mass is 79.9. The van der Waals surface area contributed by atoms with Gasteiger partial charge >= 0.3 is 0 Å². The molecule has 5 heteroatoms. The SMILES string of the molecule is [2H]c1c([2H])c([2H])c(-c2cc(N(c3ccc(C(C)(C)C)cc3)c3csc4ccc(C(C)(C)C)cc34)cc(-n3c4cc5c(cc4c4cccc(Br)c43)c3ccccc3n5-c3ccccc3)c2)c([2H])c1[2H]. The van der Waals surface area contributed by atoms with Crippen LogP contribution in [0.15, 0.2) is 186 Å². The van der Waals surface area contributed by atoms with Gasteiger partial charge in [0.1, 0.15) is 0 Å². The number of hydrogen-bond donors (Lipinski definition) is 0. The first-order chi connectivity index (χ1) is 32.5. The number of rotatable bonds is 6. The third-order valence-electron chi connectivity index (χ3n) is 12.4. The third-order valence-corrected chi connectivity index (χ3v) is 14.0. The molecular formula is C58H48BrN3S. The summed E-state index contributed by atoms with van der Waals surface area (Å²) in [6.45, 7) is 13.3. The maximum atomic E-state index is 9.31. The van der Waals surface area contributed by atoms with E-state index in [2.05, 4.69) is 204 Å². The molecule has 0 atom stereocenters. The van der Waals surface area contributed by atoms with Crippen LogP contribution in [0.25, 0.3) is 76.2 Å². The van der Waals surface area contributed by atoms with Crippen LogP contribution in [-0.4, -0.2) is 9.13 Å². The third kappa shape index (κ3) is 6.68. The van der Waals surface area contributed by atoms with Crippen molar-refractivity contribution < 1.29 is 6.85 Å². The Kier molecular flexibility index (Phi) is 8.05. The maximum Gasteiger partial charge on any atom is 0.0683 e. The van der Waals surface area contributed by atoms with Crippen LogP contribution in [0.4, 0.5) is 17.1 Å². The van der Waals surface area contributed by atoms with Crippen LogP contribution in [0, 0.1) is 0 Å². The molecule has 3 aromatic heterocycles. The number of hydrogen-bond acceptors (Lipinski definition) is 2. The molecule has 3 nitrogen and oxygen atoms in total. The second-order valence-corrected chi connectivity index (χ2v) is 20.3. The number of para-hydroxylation sites is 3. The normalized spacial score (nSPS) is 13.5. The van der Waals surface area contributed by atoms with E-state index in [4.69, 9.17) is 4.11 Å². The molecule has 0 saturated carbocycles. The molecule has 11 aromatic rings. The molecule has 0 bridgehead atoms. The fourth-order valence-corrected chi connectivity index (χ4v) is 10.6. The average molecular weight is 904 g/mol. The number of benzene rings is 8. The smallest absolute Gasteiger partial charge is 0.0683 e. The second-order valence-electron chi connectivity index (χ2n) is 18.5. The van der Waals surface area contributed by atoms with Crippen molar-refractivity contribution in [2.75, 3.05) is 4.90 Å². The van der Waals surface area contributed by atoms with Gasteiger partial charge in [-0.1, -0.05) is 138 Å². The first-order valence-electron chi connectivity index (χ1n) is 23.9. The highest BCUT2D eigenvalue weighted by Crippen LogP contribution is 2.47. The van der Waals surface area contributed by atoms with Crippen molar-refractivity contribution in [1.82, 2.24) is 9.13 Å². The van der Waals surface area contributed by atoms with Gasteiger partial charge in [0, 0.05) is 64.2 Å². The predicted molar refractivity (Wildman–Crippen MR) is 276 cm³/mol. The summed E-state index contributed by atoms with van der Waals surface area (Å²) in [4.78, 5) is 2.27. The van der Waals surface area contributed by atoms with Crippen LogP contribution in [0.1, 0.15) is 59.5 Å². The van der Waals surface area contributed by atoms with E-state index in [1.54, 1.807) is 11.3 Å². The Bertz CT molecular complexity index is 3810. The lowest BCUT2D eigenvalue weighted by atomic mass is 9.86. The number of anilines is 3. The topological polar surface area (TPSA) is 13.1 Å². The molecule has 0 aliphatic carbocycles. The molecule has 11 rings (SSSR count). The van der Waals surface area contributed by atoms with Gasteiger partial charge in [-0.25, -0.2) is 0 Å². The van der Waals surface area contributed by atoms with Crippen molar-refractivity contribution in [1.29, 1.82) is 0 Å². The van der Waals surface area contributed by atoms with Gasteiger partial charge < -0.3 is 14.0 Å². The van der Waals surface area contributed by atoms with Crippen LogP contribution in [-0.2, 0) is 10.8 Å². The fraction of sp³-hybridized carbons (Fsp3) is 0.138. The molecule has 0 aliphatic heterocycles. The minimum absolute atomic E-state index is 0.0737. The van der Waals surface area contributed by atoms with Crippen LogP contribution >= 0.6 is 27.3 Å². The van der Waals surface area contributed by atoms with Gasteiger partial charge in [-0.15, -0.1) is 11.3 Å². The van der Waals surface area contributed by atoms with E-state index < -0.39 is 6.04 Å². The highest BCUT2D eigenvalue weighted by molar-refractivity contribution is 9.10. The maximum absolute atomic E-state index is 9.31. The average Bonchev–Trinajstić information content (AvgIpc) is 3.99. The van der Waals surface area contributed by atoms with Crippen LogP contribution < -0.4 is 4.90 Å². The van der Waals surface area contributed by atoms with E-state index in [9.17, 15) is 2.74 Å². The van der Waals surface area contributed by atoms with Crippen molar-refractivity contribution in [2.24, 2.45) is 0 Å². The molecule has 0 amide bonds. The van der Waals surface area contributed by atoms with Gasteiger partial charge in [-0.2, -0.15) is 0 Å². The Morgan fingerprint density at radius 3 is 1.95 bits per heavy atom. The van der Waals surface area contributed by atoms with Crippen molar-refractivity contribution in [3.63, 3.8) is 0 Å². The summed E-state index contributed by atoms with van der Waals surface area (Å²) >= 11 is 5.69. The summed E-state index contributed by atoms with van der Waals surface area (Å²) in [5, 5.41) is 7.71. The fourth-order valence-electron chi connectivity index (χ4n) is 9.19. The summed E-state index contributed by atoms with van der Waals surface area (Å²) in [6.07, 6.45) is 0. The summed E-state index contributed by atoms with van der Waals surface area (Å²) in [7, 11) is 0. The van der Waals surface area contributed by atoms with Crippen LogP contribution in [0.3, 0.4) is 0 Å². The Balaban J connectivity index is 1.28. The summed E-state index contributed by atoms with van der Waals surface area (Å²) < 4.78 is 51.5. The molecule has 0 N–H and O–H groups in total. The Morgan fingerprint density at radius 2 is 1.19 bits per heavy atom. The van der Waals surface area contributed by atoms with Gasteiger partial charge in [0.05, 0.1) is 34.6 Å². The van der Waals surface area contributed by atoms with E-state index >= 15 is 0 Å². The summed E-state index contributed by atoms with van der Waals surface area (Å²) in [6, 6.07) is 49.8. The Morgan fingerprint density at radius 1 is 0.508 bits per heavy atom.